The quantitative estimate of drug-likeness (QED) is 0.0505. The molecule has 6 nitrogen and oxygen atoms in total. The lowest BCUT2D eigenvalue weighted by Crippen LogP contribution is -2.25. The Kier molecular flexibility index (Phi) is 26.0. The van der Waals surface area contributed by atoms with Crippen LogP contribution in [0.2, 0.25) is 0 Å². The van der Waals surface area contributed by atoms with Gasteiger partial charge in [0.2, 0.25) is 0 Å². The number of anilines is 2. The summed E-state index contributed by atoms with van der Waals surface area (Å²) in [6.07, 6.45) is 33.8. The number of nitriles is 1. The third-order valence-electron chi connectivity index (χ3n) is 13.5. The zero-order valence-electron chi connectivity index (χ0n) is 45.1. The molecule has 0 aromatic heterocycles. The fourth-order valence-electron chi connectivity index (χ4n) is 9.74. The van der Waals surface area contributed by atoms with Crippen molar-refractivity contribution < 1.29 is 14.3 Å². The fraction of sp³-hybridized carbons (Fsp3) is 0.581. The fourth-order valence-corrected chi connectivity index (χ4v) is 9.74. The predicted molar refractivity (Wildman–Crippen MR) is 295 cm³/mol. The molecule has 0 unspecified atom stereocenters. The van der Waals surface area contributed by atoms with Crippen molar-refractivity contribution in [3.63, 3.8) is 0 Å². The number of unbranched alkanes of at least 4 members (excludes halogenated alkanes) is 6. The van der Waals surface area contributed by atoms with Gasteiger partial charge in [-0.2, -0.15) is 5.26 Å². The van der Waals surface area contributed by atoms with Gasteiger partial charge in [0.05, 0.1) is 20.3 Å². The van der Waals surface area contributed by atoms with E-state index in [9.17, 15) is 10.1 Å². The summed E-state index contributed by atoms with van der Waals surface area (Å²) in [5.41, 5.74) is 12.9. The topological polar surface area (TPSA) is 65.8 Å². The van der Waals surface area contributed by atoms with E-state index >= 15 is 0 Å². The van der Waals surface area contributed by atoms with Crippen LogP contribution < -0.4 is 19.3 Å². The van der Waals surface area contributed by atoms with Crippen molar-refractivity contribution in [3.05, 3.63) is 105 Å². The first-order valence-electron chi connectivity index (χ1n) is 26.7. The highest BCUT2D eigenvalue weighted by Crippen LogP contribution is 2.46. The number of carbonyl (C=O) groups excluding carboxylic acids is 1. The molecule has 0 N–H and O–H groups in total. The molecule has 4 rings (SSSR count). The van der Waals surface area contributed by atoms with E-state index in [0.29, 0.717) is 0 Å². The molecule has 2 aromatic rings. The molecule has 0 atom stereocenters. The van der Waals surface area contributed by atoms with Crippen molar-refractivity contribution in [2.45, 2.75) is 185 Å². The van der Waals surface area contributed by atoms with Crippen LogP contribution in [-0.2, 0) is 4.79 Å². The van der Waals surface area contributed by atoms with E-state index in [0.717, 1.165) is 119 Å². The molecular weight excluding hydrogens is 835 g/mol. The monoisotopic (exact) mass is 928 g/mol. The summed E-state index contributed by atoms with van der Waals surface area (Å²) in [5.74, 6) is 1.84. The number of nitrogens with zero attached hydrogens (tertiary/aromatic N) is 3. The Hall–Kier alpha value is -4.76. The predicted octanol–water partition coefficient (Wildman–Crippen LogP) is 17.4. The molecule has 0 spiro atoms. The Morgan fingerprint density at radius 3 is 1.29 bits per heavy atom. The van der Waals surface area contributed by atoms with Crippen LogP contribution in [0.3, 0.4) is 0 Å². The number of hydrogen-bond acceptors (Lipinski definition) is 6. The summed E-state index contributed by atoms with van der Waals surface area (Å²) < 4.78 is 11.7. The largest absolute Gasteiger partial charge is 0.496 e. The lowest BCUT2D eigenvalue weighted by atomic mass is 9.70. The van der Waals surface area contributed by atoms with Gasteiger partial charge < -0.3 is 19.3 Å². The highest BCUT2D eigenvalue weighted by Gasteiger charge is 2.30. The highest BCUT2D eigenvalue weighted by molar-refractivity contribution is 5.71. The first-order chi connectivity index (χ1) is 32.8. The molecular formula is C62H93N3O3. The zero-order chi connectivity index (χ0) is 50.0. The summed E-state index contributed by atoms with van der Waals surface area (Å²) in [5, 5.41) is 9.39. The number of ether oxygens (including phenoxy) is 2. The van der Waals surface area contributed by atoms with Crippen LogP contribution >= 0.6 is 0 Å². The molecule has 2 aromatic carbocycles. The Labute approximate surface area is 416 Å². The summed E-state index contributed by atoms with van der Waals surface area (Å²) >= 11 is 0. The second kappa shape index (κ2) is 30.7. The van der Waals surface area contributed by atoms with Gasteiger partial charge in [-0.1, -0.05) is 132 Å². The molecule has 2 aliphatic carbocycles. The average Bonchev–Trinajstić information content (AvgIpc) is 3.32. The van der Waals surface area contributed by atoms with E-state index in [4.69, 9.17) is 9.47 Å². The number of methoxy groups -OCH3 is 2. The molecule has 0 amide bonds. The smallest absolute Gasteiger partial charge is 0.143 e. The molecule has 0 aliphatic heterocycles. The van der Waals surface area contributed by atoms with Gasteiger partial charge in [0, 0.05) is 66.9 Å². The summed E-state index contributed by atoms with van der Waals surface area (Å²) in [7, 11) is 3.53. The van der Waals surface area contributed by atoms with Crippen molar-refractivity contribution in [1.29, 1.82) is 5.26 Å². The van der Waals surface area contributed by atoms with E-state index in [1.165, 1.54) is 96.2 Å². The molecule has 0 saturated heterocycles. The molecule has 0 heterocycles. The Morgan fingerprint density at radius 2 is 0.941 bits per heavy atom. The highest BCUT2D eigenvalue weighted by atomic mass is 16.5. The molecule has 68 heavy (non-hydrogen) atoms. The van der Waals surface area contributed by atoms with Crippen LogP contribution in [0.25, 0.3) is 12.2 Å². The summed E-state index contributed by atoms with van der Waals surface area (Å²) in [6, 6.07) is 15.6. The molecule has 0 radical (unpaired) electrons. The van der Waals surface area contributed by atoms with Crippen molar-refractivity contribution in [2.75, 3.05) is 50.2 Å². The molecule has 0 fully saturated rings. The Balaban J connectivity index is 0.000000360. The number of rotatable bonds is 27. The molecule has 0 saturated carbocycles. The van der Waals surface area contributed by atoms with Gasteiger partial charge in [-0.15, -0.1) is 0 Å². The first-order valence-corrected chi connectivity index (χ1v) is 26.7. The van der Waals surface area contributed by atoms with Crippen LogP contribution in [0.1, 0.15) is 196 Å². The Morgan fingerprint density at radius 1 is 0.559 bits per heavy atom. The minimum Gasteiger partial charge on any atom is -0.496 e. The summed E-state index contributed by atoms with van der Waals surface area (Å²) in [4.78, 5) is 16.3. The third-order valence-corrected chi connectivity index (χ3v) is 13.5. The van der Waals surface area contributed by atoms with Crippen LogP contribution in [-0.4, -0.2) is 46.7 Å². The number of allylic oxidation sites excluding steroid dienone is 10. The van der Waals surface area contributed by atoms with Gasteiger partial charge in [0.15, 0.2) is 0 Å². The average molecular weight is 928 g/mol. The van der Waals surface area contributed by atoms with Crippen LogP contribution in [0.5, 0.6) is 11.5 Å². The minimum absolute atomic E-state index is 0.150. The van der Waals surface area contributed by atoms with Gasteiger partial charge in [-0.25, -0.2) is 0 Å². The third kappa shape index (κ3) is 18.6. The SMILES string of the molecule is CCCCC1=C(/C=C/c2ccc(N(CCCC)CCCC)cc2OC)CC(C)(C)C/C1=C\C#N.CCCCC1=C(/C=C/c2ccc(N(CCCC)CCCC)cc2OC)CC(C)(C)C/C1=C\C=O. The van der Waals surface area contributed by atoms with Crippen molar-refractivity contribution in [2.24, 2.45) is 10.8 Å². The van der Waals surface area contributed by atoms with Crippen LogP contribution in [0.4, 0.5) is 11.4 Å². The van der Waals surface area contributed by atoms with Crippen LogP contribution in [0, 0.1) is 22.2 Å². The van der Waals surface area contributed by atoms with Gasteiger partial charge in [-0.05, 0) is 152 Å². The van der Waals surface area contributed by atoms with Gasteiger partial charge >= 0.3 is 0 Å². The first kappa shape index (κ1) is 57.6. The van der Waals surface area contributed by atoms with Crippen LogP contribution in [0.15, 0.2) is 94.1 Å². The number of benzene rings is 2. The Bertz CT molecular complexity index is 2070. The van der Waals surface area contributed by atoms with E-state index in [-0.39, 0.29) is 10.8 Å². The second-order valence-corrected chi connectivity index (χ2v) is 20.8. The minimum atomic E-state index is 0.150. The maximum atomic E-state index is 11.4. The lowest BCUT2D eigenvalue weighted by Gasteiger charge is -2.34. The van der Waals surface area contributed by atoms with Crippen molar-refractivity contribution in [3.8, 4) is 17.6 Å². The molecule has 2 aliphatic rings. The van der Waals surface area contributed by atoms with Crippen molar-refractivity contribution in [1.82, 2.24) is 0 Å². The number of hydrogen-bond donors (Lipinski definition) is 0. The summed E-state index contributed by atoms with van der Waals surface area (Å²) in [6.45, 7) is 27.0. The second-order valence-electron chi connectivity index (χ2n) is 20.8. The van der Waals surface area contributed by atoms with E-state index < -0.39 is 0 Å². The van der Waals surface area contributed by atoms with E-state index in [1.807, 2.05) is 0 Å². The molecule has 6 heteroatoms. The maximum Gasteiger partial charge on any atom is 0.143 e. The number of carbonyl (C=O) groups is 1. The zero-order valence-corrected chi connectivity index (χ0v) is 45.1. The van der Waals surface area contributed by atoms with Crippen molar-refractivity contribution >= 4 is 29.8 Å². The standard InChI is InChI=1S/C31H46N2O.C31H47NO2/c1-7-10-13-29-26(23-31(4,5)24-27(29)18-19-32)15-14-25-16-17-28(22-30(25)34-6)33(20-11-8-2)21-12-9-3;1-7-10-13-29-26(23-31(4,5)24-27(29)18-21-33)15-14-25-16-17-28(22-30(25)34-6)32(19-11-8-2)20-12-9-3/h14-18,22H,7-13,20-21,23-24H2,1-6H3;14-18,21-22H,7-13,19-20,23-24H2,1-6H3/b2*15-14+,27-18+. The number of aldehydes is 1. The lowest BCUT2D eigenvalue weighted by molar-refractivity contribution is -0.104. The van der Waals surface area contributed by atoms with Gasteiger partial charge in [-0.3, -0.25) is 4.79 Å². The molecule has 0 bridgehead atoms. The maximum absolute atomic E-state index is 11.4. The van der Waals surface area contributed by atoms with Gasteiger partial charge in [0.1, 0.15) is 17.8 Å². The van der Waals surface area contributed by atoms with Gasteiger partial charge in [0.25, 0.3) is 0 Å². The normalized spacial score (nSPS) is 16.9. The van der Waals surface area contributed by atoms with E-state index in [2.05, 4.69) is 146 Å². The van der Waals surface area contributed by atoms with E-state index in [1.54, 1.807) is 26.4 Å². The molecule has 374 valence electrons.